The van der Waals surface area contributed by atoms with Gasteiger partial charge in [0.15, 0.2) is 16.7 Å². The first kappa shape index (κ1) is 28.8. The molecule has 0 spiro atoms. The van der Waals surface area contributed by atoms with Gasteiger partial charge in [-0.1, -0.05) is 67.8 Å². The summed E-state index contributed by atoms with van der Waals surface area (Å²) in [5.74, 6) is 1.22. The van der Waals surface area contributed by atoms with Crippen LogP contribution in [0, 0.1) is 0 Å². The molecule has 0 aromatic heterocycles. The molecular formula is C30H33BrCl2N2O3S. The molecule has 3 fully saturated rings. The van der Waals surface area contributed by atoms with Crippen molar-refractivity contribution in [2.45, 2.75) is 82.9 Å². The van der Waals surface area contributed by atoms with Crippen LogP contribution in [-0.2, 0) is 11.4 Å². The van der Waals surface area contributed by atoms with Gasteiger partial charge in [0.2, 0.25) is 0 Å². The van der Waals surface area contributed by atoms with Gasteiger partial charge in [-0.05, 0) is 94.8 Å². The molecule has 2 aliphatic carbocycles. The van der Waals surface area contributed by atoms with E-state index in [0.717, 1.165) is 46.5 Å². The van der Waals surface area contributed by atoms with Crippen LogP contribution < -0.4 is 9.47 Å². The third kappa shape index (κ3) is 6.98. The fourth-order valence-corrected chi connectivity index (χ4v) is 7.51. The average molecular weight is 652 g/mol. The summed E-state index contributed by atoms with van der Waals surface area (Å²) in [6.45, 7) is 0.304. The van der Waals surface area contributed by atoms with Gasteiger partial charge in [0.25, 0.3) is 5.91 Å². The number of ether oxygens (including phenoxy) is 2. The lowest BCUT2D eigenvalue weighted by atomic mass is 9.94. The minimum atomic E-state index is 0.0662. The zero-order valence-electron chi connectivity index (χ0n) is 22.1. The second-order valence-electron chi connectivity index (χ2n) is 10.4. The molecule has 2 aromatic rings. The van der Waals surface area contributed by atoms with Crippen LogP contribution in [0.1, 0.15) is 75.3 Å². The summed E-state index contributed by atoms with van der Waals surface area (Å²) >= 11 is 17.4. The number of thioether (sulfide) groups is 1. The highest BCUT2D eigenvalue weighted by molar-refractivity contribution is 9.10. The fraction of sp³-hybridized carbons (Fsp3) is 0.467. The number of amides is 1. The van der Waals surface area contributed by atoms with Gasteiger partial charge in [-0.2, -0.15) is 0 Å². The van der Waals surface area contributed by atoms with Gasteiger partial charge in [-0.25, -0.2) is 0 Å². The highest BCUT2D eigenvalue weighted by Crippen LogP contribution is 2.41. The molecule has 0 radical (unpaired) electrons. The van der Waals surface area contributed by atoms with Crippen molar-refractivity contribution in [3.8, 4) is 11.5 Å². The quantitative estimate of drug-likeness (QED) is 0.280. The lowest BCUT2D eigenvalue weighted by Crippen LogP contribution is -2.41. The Morgan fingerprint density at radius 2 is 1.74 bits per heavy atom. The van der Waals surface area contributed by atoms with Gasteiger partial charge >= 0.3 is 0 Å². The van der Waals surface area contributed by atoms with Gasteiger partial charge in [-0.15, -0.1) is 0 Å². The molecule has 1 aliphatic heterocycles. The number of nitrogens with zero attached hydrogens (tertiary/aromatic N) is 2. The van der Waals surface area contributed by atoms with Crippen molar-refractivity contribution >= 4 is 68.0 Å². The Kier molecular flexibility index (Phi) is 9.86. The topological polar surface area (TPSA) is 51.1 Å². The number of aliphatic imine (C=N–C) groups is 1. The fourth-order valence-electron chi connectivity index (χ4n) is 5.50. The summed E-state index contributed by atoms with van der Waals surface area (Å²) in [5.41, 5.74) is 1.75. The second-order valence-corrected chi connectivity index (χ2v) is 13.0. The van der Waals surface area contributed by atoms with E-state index in [4.69, 9.17) is 37.7 Å². The van der Waals surface area contributed by atoms with Crippen LogP contribution >= 0.6 is 50.9 Å². The first-order chi connectivity index (χ1) is 18.9. The molecule has 1 saturated heterocycles. The van der Waals surface area contributed by atoms with Crippen molar-refractivity contribution in [2.24, 2.45) is 4.99 Å². The maximum Gasteiger partial charge on any atom is 0.266 e. The van der Waals surface area contributed by atoms with E-state index in [2.05, 4.69) is 15.9 Å². The smallest absolute Gasteiger partial charge is 0.266 e. The van der Waals surface area contributed by atoms with E-state index in [1.165, 1.54) is 50.3 Å². The van der Waals surface area contributed by atoms with Gasteiger partial charge < -0.3 is 9.47 Å². The normalized spacial score (nSPS) is 21.2. The molecule has 2 saturated carbocycles. The van der Waals surface area contributed by atoms with Gasteiger partial charge in [0.05, 0.1) is 32.6 Å². The molecule has 5 rings (SSSR count). The average Bonchev–Trinajstić information content (AvgIpc) is 3.24. The number of hydrogen-bond acceptors (Lipinski definition) is 5. The van der Waals surface area contributed by atoms with Gasteiger partial charge in [0.1, 0.15) is 6.61 Å². The number of hydrogen-bond donors (Lipinski definition) is 0. The van der Waals surface area contributed by atoms with Crippen LogP contribution in [0.15, 0.2) is 44.7 Å². The Labute approximate surface area is 253 Å². The monoisotopic (exact) mass is 650 g/mol. The molecule has 208 valence electrons. The van der Waals surface area contributed by atoms with Crippen molar-refractivity contribution < 1.29 is 14.3 Å². The Balaban J connectivity index is 1.39. The maximum atomic E-state index is 13.7. The third-order valence-electron chi connectivity index (χ3n) is 7.56. The number of carbonyl (C=O) groups is 1. The molecule has 0 bridgehead atoms. The molecule has 3 aliphatic rings. The predicted molar refractivity (Wildman–Crippen MR) is 165 cm³/mol. The number of benzene rings is 2. The first-order valence-electron chi connectivity index (χ1n) is 13.7. The Bertz CT molecular complexity index is 1270. The number of carbonyl (C=O) groups excluding carboxylic acids is 1. The SMILES string of the molecule is COc1cc(C=C2SC(=NC3CCCCC3)N(C3CCCCC3)C2=O)cc(Br)c1OCc1ccc(Cl)c(Cl)c1. The van der Waals surface area contributed by atoms with Crippen LogP contribution in [-0.4, -0.2) is 35.2 Å². The first-order valence-corrected chi connectivity index (χ1v) is 16.0. The van der Waals surface area contributed by atoms with Crippen LogP contribution in [0.4, 0.5) is 0 Å². The molecule has 0 atom stereocenters. The Morgan fingerprint density at radius 1 is 1.03 bits per heavy atom. The van der Waals surface area contributed by atoms with E-state index in [1.54, 1.807) is 19.2 Å². The summed E-state index contributed by atoms with van der Waals surface area (Å²) in [7, 11) is 1.61. The molecule has 2 aromatic carbocycles. The van der Waals surface area contributed by atoms with Crippen LogP contribution in [0.2, 0.25) is 10.0 Å². The minimum absolute atomic E-state index is 0.0662. The molecule has 1 heterocycles. The minimum Gasteiger partial charge on any atom is -0.493 e. The number of methoxy groups -OCH3 is 1. The largest absolute Gasteiger partial charge is 0.493 e. The van der Waals surface area contributed by atoms with Crippen molar-refractivity contribution in [1.29, 1.82) is 0 Å². The van der Waals surface area contributed by atoms with E-state index in [0.29, 0.717) is 39.1 Å². The number of rotatable bonds is 7. The number of halogens is 3. The highest BCUT2D eigenvalue weighted by Gasteiger charge is 2.39. The summed E-state index contributed by atoms with van der Waals surface area (Å²) < 4.78 is 12.5. The molecule has 0 N–H and O–H groups in total. The van der Waals surface area contributed by atoms with E-state index >= 15 is 0 Å². The molecule has 1 amide bonds. The molecule has 9 heteroatoms. The lowest BCUT2D eigenvalue weighted by Gasteiger charge is -2.31. The standard InChI is InChI=1S/C30H33BrCl2N2O3S/c1-37-26-16-20(14-23(31)28(26)38-18-19-12-13-24(32)25(33)15-19)17-27-29(36)35(22-10-6-3-7-11-22)30(39-27)34-21-8-4-2-5-9-21/h12-17,21-22H,2-11,18H2,1H3. The zero-order chi connectivity index (χ0) is 27.4. The van der Waals surface area contributed by atoms with E-state index in [1.807, 2.05) is 29.2 Å². The van der Waals surface area contributed by atoms with Crippen LogP contribution in [0.3, 0.4) is 0 Å². The van der Waals surface area contributed by atoms with E-state index < -0.39 is 0 Å². The van der Waals surface area contributed by atoms with Crippen LogP contribution in [0.5, 0.6) is 11.5 Å². The van der Waals surface area contributed by atoms with Crippen molar-refractivity contribution in [3.05, 3.63) is 60.9 Å². The molecular weight excluding hydrogens is 619 g/mol. The number of amidine groups is 1. The van der Waals surface area contributed by atoms with E-state index in [9.17, 15) is 4.79 Å². The summed E-state index contributed by atoms with van der Waals surface area (Å²) in [6.07, 6.45) is 13.6. The van der Waals surface area contributed by atoms with Crippen LogP contribution in [0.25, 0.3) is 6.08 Å². The Morgan fingerprint density at radius 3 is 2.44 bits per heavy atom. The highest BCUT2D eigenvalue weighted by atomic mass is 79.9. The van der Waals surface area contributed by atoms with Gasteiger partial charge in [-0.3, -0.25) is 14.7 Å². The van der Waals surface area contributed by atoms with Crippen molar-refractivity contribution in [3.63, 3.8) is 0 Å². The summed E-state index contributed by atoms with van der Waals surface area (Å²) in [4.78, 5) is 21.6. The molecule has 5 nitrogen and oxygen atoms in total. The lowest BCUT2D eigenvalue weighted by molar-refractivity contribution is -0.124. The summed E-state index contributed by atoms with van der Waals surface area (Å²) in [6, 6.07) is 9.83. The molecule has 39 heavy (non-hydrogen) atoms. The van der Waals surface area contributed by atoms with Crippen molar-refractivity contribution in [1.82, 2.24) is 4.90 Å². The predicted octanol–water partition coefficient (Wildman–Crippen LogP) is 9.28. The third-order valence-corrected chi connectivity index (χ3v) is 9.89. The maximum absolute atomic E-state index is 13.7. The Hall–Kier alpha value is -1.67. The van der Waals surface area contributed by atoms with Gasteiger partial charge in [0, 0.05) is 6.04 Å². The zero-order valence-corrected chi connectivity index (χ0v) is 26.0. The summed E-state index contributed by atoms with van der Waals surface area (Å²) in [5, 5.41) is 1.88. The van der Waals surface area contributed by atoms with E-state index in [-0.39, 0.29) is 11.9 Å². The molecule has 0 unspecified atom stereocenters. The van der Waals surface area contributed by atoms with Crippen molar-refractivity contribution in [2.75, 3.05) is 7.11 Å². The second kappa shape index (κ2) is 13.3.